The number of carbonyl (C=O) groups excluding carboxylic acids is 1. The summed E-state index contributed by atoms with van der Waals surface area (Å²) >= 11 is 6.28. The lowest BCUT2D eigenvalue weighted by molar-refractivity contribution is -0.119. The van der Waals surface area contributed by atoms with Crippen LogP contribution in [-0.4, -0.2) is 27.5 Å². The first-order chi connectivity index (χ1) is 15.0. The maximum atomic E-state index is 13.2. The van der Waals surface area contributed by atoms with Crippen molar-refractivity contribution in [2.75, 3.05) is 5.73 Å². The molecule has 31 heavy (non-hydrogen) atoms. The SMILES string of the molecule is CCc1ccc(CC2N=C(c3cnc(N)nc3)c3cc(Cl)ccc3CC2=O)cc1CC. The van der Waals surface area contributed by atoms with E-state index in [-0.39, 0.29) is 11.7 Å². The molecule has 1 aromatic heterocycles. The standard InChI is InChI=1S/C25H25ClN4O/c1-3-16-6-5-15(9-17(16)4-2)10-22-23(31)11-18-7-8-20(26)12-21(18)24(30-22)19-13-28-25(27)29-14-19/h5-9,12-14,22H,3-4,10-11H2,1-2H3,(H2,27,28,29). The number of nitrogens with zero attached hydrogens (tertiary/aromatic N) is 3. The van der Waals surface area contributed by atoms with E-state index in [1.807, 2.05) is 18.2 Å². The second-order valence-electron chi connectivity index (χ2n) is 7.78. The van der Waals surface area contributed by atoms with Crippen LogP contribution in [-0.2, 0) is 30.5 Å². The molecule has 1 aliphatic heterocycles. The van der Waals surface area contributed by atoms with Crippen LogP contribution in [0.3, 0.4) is 0 Å². The Morgan fingerprint density at radius 1 is 1.03 bits per heavy atom. The lowest BCUT2D eigenvalue weighted by atomic mass is 9.94. The van der Waals surface area contributed by atoms with Gasteiger partial charge in [0.15, 0.2) is 5.78 Å². The summed E-state index contributed by atoms with van der Waals surface area (Å²) in [4.78, 5) is 26.3. The molecule has 0 bridgehead atoms. The van der Waals surface area contributed by atoms with E-state index >= 15 is 0 Å². The Labute approximate surface area is 187 Å². The van der Waals surface area contributed by atoms with Crippen molar-refractivity contribution in [1.29, 1.82) is 0 Å². The van der Waals surface area contributed by atoms with Crippen molar-refractivity contribution in [3.63, 3.8) is 0 Å². The Bertz CT molecular complexity index is 1150. The molecule has 2 N–H and O–H groups in total. The molecular weight excluding hydrogens is 408 g/mol. The monoisotopic (exact) mass is 432 g/mol. The highest BCUT2D eigenvalue weighted by molar-refractivity contribution is 6.31. The smallest absolute Gasteiger partial charge is 0.219 e. The van der Waals surface area contributed by atoms with Gasteiger partial charge in [-0.25, -0.2) is 9.97 Å². The summed E-state index contributed by atoms with van der Waals surface area (Å²) in [6.07, 6.45) is 6.12. The number of hydrogen-bond acceptors (Lipinski definition) is 5. The van der Waals surface area contributed by atoms with Crippen LogP contribution < -0.4 is 5.73 Å². The number of nitrogen functional groups attached to an aromatic ring is 1. The van der Waals surface area contributed by atoms with Crippen LogP contribution in [0.15, 0.2) is 53.8 Å². The summed E-state index contributed by atoms with van der Waals surface area (Å²) in [5.74, 6) is 0.285. The third-order valence-corrected chi connectivity index (χ3v) is 5.99. The second kappa shape index (κ2) is 8.98. The van der Waals surface area contributed by atoms with Crippen LogP contribution in [0.4, 0.5) is 5.95 Å². The summed E-state index contributed by atoms with van der Waals surface area (Å²) in [5, 5.41) is 0.594. The summed E-state index contributed by atoms with van der Waals surface area (Å²) in [6.45, 7) is 4.32. The first-order valence-electron chi connectivity index (χ1n) is 10.6. The number of benzene rings is 2. The molecule has 0 saturated heterocycles. The number of ketones is 1. The van der Waals surface area contributed by atoms with Crippen molar-refractivity contribution in [1.82, 2.24) is 9.97 Å². The number of Topliss-reactive ketones (excluding diaryl/α,β-unsaturated/α-hetero) is 1. The van der Waals surface area contributed by atoms with Crippen molar-refractivity contribution >= 4 is 29.0 Å². The molecule has 0 amide bonds. The molecule has 3 aromatic rings. The largest absolute Gasteiger partial charge is 0.368 e. The number of aliphatic imine (C=N–C) groups is 1. The number of hydrogen-bond donors (Lipinski definition) is 1. The highest BCUT2D eigenvalue weighted by Crippen LogP contribution is 2.26. The average Bonchev–Trinajstić information content (AvgIpc) is 2.90. The Kier molecular flexibility index (Phi) is 6.14. The van der Waals surface area contributed by atoms with Gasteiger partial charge >= 0.3 is 0 Å². The van der Waals surface area contributed by atoms with E-state index in [2.05, 4.69) is 42.0 Å². The normalized spacial score (nSPS) is 15.9. The van der Waals surface area contributed by atoms with Gasteiger partial charge in [0.2, 0.25) is 5.95 Å². The molecule has 0 saturated carbocycles. The first-order valence-corrected chi connectivity index (χ1v) is 10.9. The minimum absolute atomic E-state index is 0.0903. The van der Waals surface area contributed by atoms with E-state index < -0.39 is 6.04 Å². The number of anilines is 1. The van der Waals surface area contributed by atoms with Gasteiger partial charge in [-0.15, -0.1) is 0 Å². The van der Waals surface area contributed by atoms with Gasteiger partial charge in [-0.1, -0.05) is 49.7 Å². The zero-order chi connectivity index (χ0) is 22.0. The quantitative estimate of drug-likeness (QED) is 0.647. The molecule has 1 atom stereocenters. The molecule has 0 spiro atoms. The van der Waals surface area contributed by atoms with Crippen molar-refractivity contribution in [3.05, 3.63) is 87.2 Å². The van der Waals surface area contributed by atoms with Crippen LogP contribution >= 0.6 is 11.6 Å². The molecular formula is C25H25ClN4O. The van der Waals surface area contributed by atoms with E-state index in [1.165, 1.54) is 11.1 Å². The zero-order valence-electron chi connectivity index (χ0n) is 17.7. The third kappa shape index (κ3) is 4.52. The molecule has 2 aromatic carbocycles. The third-order valence-electron chi connectivity index (χ3n) is 5.76. The molecule has 158 valence electrons. The van der Waals surface area contributed by atoms with Crippen LogP contribution in [0.5, 0.6) is 0 Å². The first kappa shape index (κ1) is 21.2. The molecule has 2 heterocycles. The van der Waals surface area contributed by atoms with Crippen LogP contribution in [0.2, 0.25) is 5.02 Å². The number of aromatic nitrogens is 2. The Morgan fingerprint density at radius 3 is 2.48 bits per heavy atom. The molecule has 6 heteroatoms. The van der Waals surface area contributed by atoms with E-state index in [9.17, 15) is 4.79 Å². The van der Waals surface area contributed by atoms with Crippen LogP contribution in [0.1, 0.15) is 47.2 Å². The van der Waals surface area contributed by atoms with Crippen LogP contribution in [0.25, 0.3) is 0 Å². The van der Waals surface area contributed by atoms with Crippen molar-refractivity contribution in [2.45, 2.75) is 45.6 Å². The number of halogens is 1. The van der Waals surface area contributed by atoms with Crippen molar-refractivity contribution in [2.24, 2.45) is 4.99 Å². The molecule has 0 radical (unpaired) electrons. The Hall–Kier alpha value is -3.05. The molecule has 0 aliphatic carbocycles. The van der Waals surface area contributed by atoms with Gasteiger partial charge < -0.3 is 5.73 Å². The van der Waals surface area contributed by atoms with Crippen molar-refractivity contribution in [3.8, 4) is 0 Å². The molecule has 5 nitrogen and oxygen atoms in total. The lowest BCUT2D eigenvalue weighted by Crippen LogP contribution is -2.23. The number of rotatable bonds is 5. The number of fused-ring (bicyclic) bond motifs is 1. The molecule has 4 rings (SSSR count). The molecule has 1 unspecified atom stereocenters. The summed E-state index contributed by atoms with van der Waals surface area (Å²) in [5.41, 5.74) is 12.6. The van der Waals surface area contributed by atoms with Gasteiger partial charge in [0.1, 0.15) is 6.04 Å². The highest BCUT2D eigenvalue weighted by atomic mass is 35.5. The van der Waals surface area contributed by atoms with Gasteiger partial charge in [0.25, 0.3) is 0 Å². The van der Waals surface area contributed by atoms with E-state index in [0.717, 1.165) is 29.5 Å². The van der Waals surface area contributed by atoms with Crippen molar-refractivity contribution < 1.29 is 4.79 Å². The van der Waals surface area contributed by atoms with E-state index in [0.29, 0.717) is 29.1 Å². The van der Waals surface area contributed by atoms with E-state index in [1.54, 1.807) is 12.4 Å². The average molecular weight is 433 g/mol. The summed E-state index contributed by atoms with van der Waals surface area (Å²) in [6, 6.07) is 11.6. The highest BCUT2D eigenvalue weighted by Gasteiger charge is 2.27. The van der Waals surface area contributed by atoms with Crippen LogP contribution in [0, 0.1) is 0 Å². The van der Waals surface area contributed by atoms with Gasteiger partial charge in [-0.05, 0) is 47.2 Å². The van der Waals surface area contributed by atoms with E-state index in [4.69, 9.17) is 22.3 Å². The maximum Gasteiger partial charge on any atom is 0.219 e. The summed E-state index contributed by atoms with van der Waals surface area (Å²) in [7, 11) is 0. The zero-order valence-corrected chi connectivity index (χ0v) is 18.5. The van der Waals surface area contributed by atoms with Gasteiger partial charge in [-0.3, -0.25) is 9.79 Å². The van der Waals surface area contributed by atoms with Gasteiger partial charge in [0, 0.05) is 41.4 Å². The molecule has 0 fully saturated rings. The Balaban J connectivity index is 1.78. The summed E-state index contributed by atoms with van der Waals surface area (Å²) < 4.78 is 0. The molecule has 1 aliphatic rings. The second-order valence-corrected chi connectivity index (χ2v) is 8.22. The lowest BCUT2D eigenvalue weighted by Gasteiger charge is -2.14. The maximum absolute atomic E-state index is 13.2. The van der Waals surface area contributed by atoms with Gasteiger partial charge in [-0.2, -0.15) is 0 Å². The predicted octanol–water partition coefficient (Wildman–Crippen LogP) is 4.41. The fraction of sp³-hybridized carbons (Fsp3) is 0.280. The predicted molar refractivity (Wildman–Crippen MR) is 125 cm³/mol. The minimum atomic E-state index is -0.490. The Morgan fingerprint density at radius 2 is 1.77 bits per heavy atom. The topological polar surface area (TPSA) is 81.2 Å². The van der Waals surface area contributed by atoms with Gasteiger partial charge in [0.05, 0.1) is 5.71 Å². The fourth-order valence-electron chi connectivity index (χ4n) is 4.08. The minimum Gasteiger partial charge on any atom is -0.368 e. The number of aryl methyl sites for hydroxylation is 2. The number of nitrogens with two attached hydrogens (primary N) is 1. The fourth-order valence-corrected chi connectivity index (χ4v) is 4.25. The number of carbonyl (C=O) groups is 1.